The second kappa shape index (κ2) is 11.0. The lowest BCUT2D eigenvalue weighted by molar-refractivity contribution is 0.0260. The third-order valence-electron chi connectivity index (χ3n) is 3.76. The first-order valence-electron chi connectivity index (χ1n) is 9.06. The fourth-order valence-electron chi connectivity index (χ4n) is 2.45. The van der Waals surface area contributed by atoms with Crippen LogP contribution < -0.4 is 10.6 Å². The van der Waals surface area contributed by atoms with Gasteiger partial charge in [-0.25, -0.2) is 0 Å². The Hall–Kier alpha value is -1.92. The summed E-state index contributed by atoms with van der Waals surface area (Å²) in [7, 11) is 0. The van der Waals surface area contributed by atoms with Gasteiger partial charge in [0.25, 0.3) is 5.91 Å². The van der Waals surface area contributed by atoms with E-state index in [2.05, 4.69) is 24.5 Å². The van der Waals surface area contributed by atoms with Gasteiger partial charge in [-0.3, -0.25) is 4.79 Å². The van der Waals surface area contributed by atoms with Crippen LogP contribution in [0.3, 0.4) is 0 Å². The first-order chi connectivity index (χ1) is 12.9. The van der Waals surface area contributed by atoms with Crippen LogP contribution in [-0.4, -0.2) is 36.9 Å². The molecule has 6 heteroatoms. The van der Waals surface area contributed by atoms with Gasteiger partial charge in [0.1, 0.15) is 0 Å². The molecule has 5 nitrogen and oxygen atoms in total. The summed E-state index contributed by atoms with van der Waals surface area (Å²) < 4.78 is 5.43. The lowest BCUT2D eigenvalue weighted by atomic mass is 10.1. The Morgan fingerprint density at radius 1 is 1.15 bits per heavy atom. The number of anilines is 1. The first kappa shape index (κ1) is 21.4. The number of aliphatic hydroxyl groups is 1. The zero-order chi connectivity index (χ0) is 19.6. The van der Waals surface area contributed by atoms with Crippen molar-refractivity contribution in [1.29, 1.82) is 0 Å². The molecule has 2 rings (SSSR count). The molecule has 0 aliphatic rings. The third-order valence-corrected chi connectivity index (χ3v) is 4.01. The number of amides is 1. The highest BCUT2D eigenvalue weighted by Crippen LogP contribution is 2.14. The normalized spacial score (nSPS) is 12.2. The molecule has 1 unspecified atom stereocenters. The van der Waals surface area contributed by atoms with Gasteiger partial charge in [0.2, 0.25) is 0 Å². The number of ether oxygens (including phenoxy) is 1. The molecule has 0 aliphatic heterocycles. The van der Waals surface area contributed by atoms with Crippen LogP contribution >= 0.6 is 11.6 Å². The third kappa shape index (κ3) is 8.10. The lowest BCUT2D eigenvalue weighted by Gasteiger charge is -2.14. The maximum absolute atomic E-state index is 12.3. The van der Waals surface area contributed by atoms with Gasteiger partial charge in [0.15, 0.2) is 0 Å². The summed E-state index contributed by atoms with van der Waals surface area (Å²) in [6.07, 6.45) is -0.545. The second-order valence-electron chi connectivity index (χ2n) is 6.88. The Morgan fingerprint density at radius 3 is 2.59 bits per heavy atom. The monoisotopic (exact) mass is 390 g/mol. The van der Waals surface area contributed by atoms with Gasteiger partial charge in [-0.05, 0) is 47.9 Å². The van der Waals surface area contributed by atoms with Crippen molar-refractivity contribution in [2.45, 2.75) is 26.5 Å². The van der Waals surface area contributed by atoms with Crippen molar-refractivity contribution in [1.82, 2.24) is 5.32 Å². The SMILES string of the molecule is CC(C)COCC(O)CNCc1cccc(NC(=O)c2ccc(Cl)cc2)c1. The molecule has 1 atom stereocenters. The van der Waals surface area contributed by atoms with Crippen LogP contribution in [0.15, 0.2) is 48.5 Å². The second-order valence-corrected chi connectivity index (χ2v) is 7.31. The minimum atomic E-state index is -0.545. The molecule has 0 fully saturated rings. The average Bonchev–Trinajstić information content (AvgIpc) is 2.62. The summed E-state index contributed by atoms with van der Waals surface area (Å²) in [6, 6.07) is 14.3. The van der Waals surface area contributed by atoms with Crippen molar-refractivity contribution >= 4 is 23.2 Å². The maximum Gasteiger partial charge on any atom is 0.255 e. The van der Waals surface area contributed by atoms with Crippen LogP contribution in [0.25, 0.3) is 0 Å². The minimum absolute atomic E-state index is 0.186. The van der Waals surface area contributed by atoms with Gasteiger partial charge in [0.05, 0.1) is 12.7 Å². The molecule has 146 valence electrons. The fraction of sp³-hybridized carbons (Fsp3) is 0.381. The van der Waals surface area contributed by atoms with Gasteiger partial charge in [0, 0.05) is 36.0 Å². The Kier molecular flexibility index (Phi) is 8.75. The van der Waals surface area contributed by atoms with Gasteiger partial charge >= 0.3 is 0 Å². The van der Waals surface area contributed by atoms with Crippen molar-refractivity contribution in [3.05, 3.63) is 64.7 Å². The van der Waals surface area contributed by atoms with E-state index in [1.54, 1.807) is 24.3 Å². The summed E-state index contributed by atoms with van der Waals surface area (Å²) in [5.74, 6) is 0.269. The highest BCUT2D eigenvalue weighted by atomic mass is 35.5. The number of carbonyl (C=O) groups is 1. The number of carbonyl (C=O) groups excluding carboxylic acids is 1. The summed E-state index contributed by atoms with van der Waals surface area (Å²) >= 11 is 5.85. The minimum Gasteiger partial charge on any atom is -0.389 e. The molecule has 0 aromatic heterocycles. The molecular formula is C21H27ClN2O3. The van der Waals surface area contributed by atoms with Crippen LogP contribution in [0.5, 0.6) is 0 Å². The van der Waals surface area contributed by atoms with Gasteiger partial charge < -0.3 is 20.5 Å². The van der Waals surface area contributed by atoms with Crippen LogP contribution in [0.2, 0.25) is 5.02 Å². The van der Waals surface area contributed by atoms with Crippen LogP contribution in [0, 0.1) is 5.92 Å². The molecule has 27 heavy (non-hydrogen) atoms. The highest BCUT2D eigenvalue weighted by molar-refractivity contribution is 6.30. The van der Waals surface area contributed by atoms with Gasteiger partial charge in [-0.2, -0.15) is 0 Å². The number of halogens is 1. The van der Waals surface area contributed by atoms with E-state index in [9.17, 15) is 9.90 Å². The Balaban J connectivity index is 1.79. The molecule has 0 bridgehead atoms. The number of hydrogen-bond acceptors (Lipinski definition) is 4. The van der Waals surface area contributed by atoms with Crippen molar-refractivity contribution in [2.75, 3.05) is 25.1 Å². The van der Waals surface area contributed by atoms with Gasteiger partial charge in [-0.15, -0.1) is 0 Å². The first-order valence-corrected chi connectivity index (χ1v) is 9.44. The fourth-order valence-corrected chi connectivity index (χ4v) is 2.57. The molecule has 1 amide bonds. The van der Waals surface area contributed by atoms with Gasteiger partial charge in [-0.1, -0.05) is 37.6 Å². The quantitative estimate of drug-likeness (QED) is 0.578. The molecule has 0 spiro atoms. The summed E-state index contributed by atoms with van der Waals surface area (Å²) in [5, 5.41) is 16.6. The number of nitrogens with one attached hydrogen (secondary N) is 2. The Bertz CT molecular complexity index is 720. The smallest absolute Gasteiger partial charge is 0.255 e. The van der Waals surface area contributed by atoms with Crippen LogP contribution in [0.1, 0.15) is 29.8 Å². The molecule has 2 aromatic carbocycles. The zero-order valence-electron chi connectivity index (χ0n) is 15.7. The molecule has 0 aliphatic carbocycles. The van der Waals surface area contributed by atoms with Crippen LogP contribution in [-0.2, 0) is 11.3 Å². The number of rotatable bonds is 10. The Morgan fingerprint density at radius 2 is 1.89 bits per heavy atom. The maximum atomic E-state index is 12.3. The van der Waals surface area contributed by atoms with E-state index < -0.39 is 6.10 Å². The molecule has 2 aromatic rings. The zero-order valence-corrected chi connectivity index (χ0v) is 16.5. The summed E-state index contributed by atoms with van der Waals surface area (Å²) in [6.45, 7) is 6.15. The Labute approximate surface area is 165 Å². The molecule has 0 saturated heterocycles. The number of benzene rings is 2. The predicted molar refractivity (Wildman–Crippen MR) is 109 cm³/mol. The van der Waals surface area contributed by atoms with E-state index in [4.69, 9.17) is 16.3 Å². The van der Waals surface area contributed by atoms with E-state index in [-0.39, 0.29) is 5.91 Å². The van der Waals surface area contributed by atoms with E-state index in [0.29, 0.717) is 42.8 Å². The average molecular weight is 391 g/mol. The van der Waals surface area contributed by atoms with E-state index in [0.717, 1.165) is 11.3 Å². The predicted octanol–water partition coefficient (Wildman–Crippen LogP) is 3.72. The molecular weight excluding hydrogens is 364 g/mol. The number of hydrogen-bond donors (Lipinski definition) is 3. The van der Waals surface area contributed by atoms with Crippen molar-refractivity contribution in [3.63, 3.8) is 0 Å². The van der Waals surface area contributed by atoms with Crippen LogP contribution in [0.4, 0.5) is 5.69 Å². The van der Waals surface area contributed by atoms with E-state index >= 15 is 0 Å². The topological polar surface area (TPSA) is 70.6 Å². The summed E-state index contributed by atoms with van der Waals surface area (Å²) in [5.41, 5.74) is 2.28. The standard InChI is InChI=1S/C21H27ClN2O3/c1-15(2)13-27-14-20(25)12-23-11-16-4-3-5-19(10-16)24-21(26)17-6-8-18(22)9-7-17/h3-10,15,20,23,25H,11-14H2,1-2H3,(H,24,26). The number of aliphatic hydroxyl groups excluding tert-OH is 1. The highest BCUT2D eigenvalue weighted by Gasteiger charge is 2.07. The molecule has 0 heterocycles. The molecule has 0 saturated carbocycles. The molecule has 0 radical (unpaired) electrons. The molecule has 3 N–H and O–H groups in total. The van der Waals surface area contributed by atoms with Crippen molar-refractivity contribution in [2.24, 2.45) is 5.92 Å². The largest absolute Gasteiger partial charge is 0.389 e. The summed E-state index contributed by atoms with van der Waals surface area (Å²) in [4.78, 5) is 12.3. The van der Waals surface area contributed by atoms with E-state index in [1.807, 2.05) is 24.3 Å². The van der Waals surface area contributed by atoms with E-state index in [1.165, 1.54) is 0 Å². The lowest BCUT2D eigenvalue weighted by Crippen LogP contribution is -2.30. The van der Waals surface area contributed by atoms with Crippen molar-refractivity contribution < 1.29 is 14.6 Å². The van der Waals surface area contributed by atoms with Crippen molar-refractivity contribution in [3.8, 4) is 0 Å².